The molecular weight excluding hydrogens is 401 g/mol. The molecule has 0 aliphatic rings. The van der Waals surface area contributed by atoms with E-state index in [1.54, 1.807) is 20.8 Å². The minimum atomic E-state index is -3.70. The number of hydrogen-bond donors (Lipinski definition) is 1. The van der Waals surface area contributed by atoms with Crippen molar-refractivity contribution in [2.24, 2.45) is 0 Å². The van der Waals surface area contributed by atoms with Crippen molar-refractivity contribution in [2.75, 3.05) is 10.7 Å². The van der Waals surface area contributed by atoms with Crippen molar-refractivity contribution < 1.29 is 12.8 Å². The van der Waals surface area contributed by atoms with E-state index in [9.17, 15) is 12.8 Å². The smallest absolute Gasteiger partial charge is 0.207 e. The van der Waals surface area contributed by atoms with Crippen molar-refractivity contribution >= 4 is 41.9 Å². The van der Waals surface area contributed by atoms with Gasteiger partial charge < -0.3 is 0 Å². The number of halogens is 3. The first-order valence-electron chi connectivity index (χ1n) is 5.58. The third-order valence-corrected chi connectivity index (χ3v) is 7.08. The fourth-order valence-electron chi connectivity index (χ4n) is 1.79. The lowest BCUT2D eigenvalue weighted by Crippen LogP contribution is -2.49. The summed E-state index contributed by atoms with van der Waals surface area (Å²) < 4.78 is 40.8. The quantitative estimate of drug-likeness (QED) is 0.748. The summed E-state index contributed by atoms with van der Waals surface area (Å²) in [6, 6.07) is 2.45. The van der Waals surface area contributed by atoms with Crippen LogP contribution in [0.15, 0.2) is 17.0 Å². The van der Waals surface area contributed by atoms with Gasteiger partial charge in [-0.05, 0) is 44.0 Å². The maximum absolute atomic E-state index is 13.2. The maximum atomic E-state index is 13.2. The van der Waals surface area contributed by atoms with Gasteiger partial charge in [0.1, 0.15) is 5.82 Å². The third kappa shape index (κ3) is 4.00. The molecule has 0 saturated carbocycles. The molecule has 7 heteroatoms. The molecule has 0 heterocycles. The summed E-state index contributed by atoms with van der Waals surface area (Å²) in [5.41, 5.74) is 0.152. The molecule has 1 aromatic rings. The zero-order valence-electron chi connectivity index (χ0n) is 10.9. The van der Waals surface area contributed by atoms with Gasteiger partial charge in [0.2, 0.25) is 10.0 Å². The van der Waals surface area contributed by atoms with Crippen molar-refractivity contribution in [3.05, 3.63) is 29.1 Å². The van der Waals surface area contributed by atoms with E-state index in [0.29, 0.717) is 21.8 Å². The highest BCUT2D eigenvalue weighted by molar-refractivity contribution is 9.09. The fraction of sp³-hybridized carbons (Fsp3) is 0.500. The Morgan fingerprint density at radius 1 is 1.21 bits per heavy atom. The van der Waals surface area contributed by atoms with Gasteiger partial charge in [-0.15, -0.1) is 0 Å². The van der Waals surface area contributed by atoms with Crippen LogP contribution in [0.5, 0.6) is 0 Å². The van der Waals surface area contributed by atoms with Gasteiger partial charge in [0.05, 0.1) is 4.90 Å². The molecule has 0 aromatic heterocycles. The highest BCUT2D eigenvalue weighted by atomic mass is 79.9. The normalized spacial score (nSPS) is 12.7. The molecule has 0 unspecified atom stereocenters. The van der Waals surface area contributed by atoms with E-state index < -0.39 is 21.4 Å². The SMILES string of the molecule is Cc1cc(F)cc(C)c1S(=O)(=O)NC(C)(CBr)CBr. The van der Waals surface area contributed by atoms with Gasteiger partial charge >= 0.3 is 0 Å². The Morgan fingerprint density at radius 3 is 2.00 bits per heavy atom. The Morgan fingerprint density at radius 2 is 1.63 bits per heavy atom. The number of alkyl halides is 2. The fourth-order valence-corrected chi connectivity index (χ4v) is 5.23. The molecule has 0 radical (unpaired) electrons. The summed E-state index contributed by atoms with van der Waals surface area (Å²) in [6.45, 7) is 4.96. The lowest BCUT2D eigenvalue weighted by Gasteiger charge is -2.27. The first-order valence-corrected chi connectivity index (χ1v) is 9.30. The van der Waals surface area contributed by atoms with Gasteiger partial charge in [-0.25, -0.2) is 17.5 Å². The first-order chi connectivity index (χ1) is 8.65. The third-order valence-electron chi connectivity index (χ3n) is 2.66. The second kappa shape index (κ2) is 6.20. The second-order valence-electron chi connectivity index (χ2n) is 4.80. The van der Waals surface area contributed by atoms with Gasteiger partial charge in [-0.1, -0.05) is 31.9 Å². The van der Waals surface area contributed by atoms with Crippen LogP contribution in [0.3, 0.4) is 0 Å². The van der Waals surface area contributed by atoms with E-state index in [2.05, 4.69) is 36.6 Å². The van der Waals surface area contributed by atoms with E-state index in [0.717, 1.165) is 0 Å². The van der Waals surface area contributed by atoms with Crippen LogP contribution < -0.4 is 4.72 Å². The lowest BCUT2D eigenvalue weighted by molar-refractivity contribution is 0.508. The molecule has 0 atom stereocenters. The van der Waals surface area contributed by atoms with Crippen LogP contribution in [0.25, 0.3) is 0 Å². The van der Waals surface area contributed by atoms with Crippen molar-refractivity contribution in [1.82, 2.24) is 4.72 Å². The Labute approximate surface area is 130 Å². The molecule has 0 spiro atoms. The van der Waals surface area contributed by atoms with Crippen LogP contribution in [-0.2, 0) is 10.0 Å². The van der Waals surface area contributed by atoms with Crippen LogP contribution in [-0.4, -0.2) is 24.6 Å². The molecule has 0 amide bonds. The van der Waals surface area contributed by atoms with Gasteiger partial charge in [0.25, 0.3) is 0 Å². The van der Waals surface area contributed by atoms with Crippen LogP contribution in [0, 0.1) is 19.7 Å². The Hall–Kier alpha value is 0.0200. The number of hydrogen-bond acceptors (Lipinski definition) is 2. The van der Waals surface area contributed by atoms with Crippen LogP contribution in [0.2, 0.25) is 0 Å². The van der Waals surface area contributed by atoms with Gasteiger partial charge in [0, 0.05) is 16.2 Å². The molecule has 0 saturated heterocycles. The highest BCUT2D eigenvalue weighted by Crippen LogP contribution is 2.24. The standard InChI is InChI=1S/C12H16Br2FNO2S/c1-8-4-10(15)5-9(2)11(8)19(17,18)16-12(3,6-13)7-14/h4-5,16H,6-7H2,1-3H3. The maximum Gasteiger partial charge on any atom is 0.241 e. The topological polar surface area (TPSA) is 46.2 Å². The Balaban J connectivity index is 3.29. The summed E-state index contributed by atoms with van der Waals surface area (Å²) in [5, 5.41) is 0.924. The molecule has 1 rings (SSSR count). The predicted molar refractivity (Wildman–Crippen MR) is 82.2 cm³/mol. The van der Waals surface area contributed by atoms with E-state index >= 15 is 0 Å². The second-order valence-corrected chi connectivity index (χ2v) is 7.54. The summed E-state index contributed by atoms with van der Waals surface area (Å²) >= 11 is 6.58. The zero-order chi connectivity index (χ0) is 14.8. The average Bonchev–Trinajstić information content (AvgIpc) is 2.26. The molecule has 0 aliphatic heterocycles. The van der Waals surface area contributed by atoms with Crippen LogP contribution in [0.4, 0.5) is 4.39 Å². The molecule has 1 aromatic carbocycles. The largest absolute Gasteiger partial charge is 0.241 e. The minimum Gasteiger partial charge on any atom is -0.207 e. The summed E-state index contributed by atoms with van der Waals surface area (Å²) in [4.78, 5) is 0.141. The van der Waals surface area contributed by atoms with E-state index in [1.807, 2.05) is 0 Å². The summed E-state index contributed by atoms with van der Waals surface area (Å²) in [7, 11) is -3.70. The molecule has 0 fully saturated rings. The predicted octanol–water partition coefficient (Wildman–Crippen LogP) is 3.27. The van der Waals surface area contributed by atoms with E-state index in [1.165, 1.54) is 12.1 Å². The monoisotopic (exact) mass is 415 g/mol. The van der Waals surface area contributed by atoms with Crippen molar-refractivity contribution in [2.45, 2.75) is 31.2 Å². The number of aryl methyl sites for hydroxylation is 2. The summed E-state index contributed by atoms with van der Waals surface area (Å²) in [6.07, 6.45) is 0. The molecule has 108 valence electrons. The number of sulfonamides is 1. The van der Waals surface area contributed by atoms with Crippen molar-refractivity contribution in [3.63, 3.8) is 0 Å². The zero-order valence-corrected chi connectivity index (χ0v) is 14.9. The van der Waals surface area contributed by atoms with Crippen LogP contribution >= 0.6 is 31.9 Å². The number of benzene rings is 1. The molecule has 19 heavy (non-hydrogen) atoms. The van der Waals surface area contributed by atoms with Gasteiger partial charge in [-0.2, -0.15) is 0 Å². The molecule has 0 aliphatic carbocycles. The molecule has 1 N–H and O–H groups in total. The molecule has 3 nitrogen and oxygen atoms in total. The molecular formula is C12H16Br2FNO2S. The van der Waals surface area contributed by atoms with Crippen molar-refractivity contribution in [1.29, 1.82) is 0 Å². The minimum absolute atomic E-state index is 0.141. The number of rotatable bonds is 5. The average molecular weight is 417 g/mol. The van der Waals surface area contributed by atoms with E-state index in [-0.39, 0.29) is 4.90 Å². The van der Waals surface area contributed by atoms with Crippen molar-refractivity contribution in [3.8, 4) is 0 Å². The first kappa shape index (κ1) is 17.1. The Bertz CT molecular complexity index is 548. The summed E-state index contributed by atoms with van der Waals surface area (Å²) in [5.74, 6) is -0.433. The molecule has 0 bridgehead atoms. The Kier molecular flexibility index (Phi) is 5.57. The van der Waals surface area contributed by atoms with E-state index in [4.69, 9.17) is 0 Å². The lowest BCUT2D eigenvalue weighted by atomic mass is 10.1. The van der Waals surface area contributed by atoms with Gasteiger partial charge in [0.15, 0.2) is 0 Å². The van der Waals surface area contributed by atoms with Gasteiger partial charge in [-0.3, -0.25) is 0 Å². The highest BCUT2D eigenvalue weighted by Gasteiger charge is 2.30. The number of nitrogens with one attached hydrogen (secondary N) is 1. The van der Waals surface area contributed by atoms with Crippen LogP contribution in [0.1, 0.15) is 18.1 Å².